The molecule has 4 rings (SSSR count). The number of benzene rings is 2. The van der Waals surface area contributed by atoms with Gasteiger partial charge in [0, 0.05) is 38.3 Å². The number of halogens is 2. The number of carbonyl (C=O) groups is 3. The molecule has 28 heavy (non-hydrogen) atoms. The molecule has 8 heteroatoms. The zero-order valence-corrected chi connectivity index (χ0v) is 16.3. The summed E-state index contributed by atoms with van der Waals surface area (Å²) in [6.07, 6.45) is 1.58. The van der Waals surface area contributed by atoms with Crippen LogP contribution < -0.4 is 5.32 Å². The van der Waals surface area contributed by atoms with Crippen molar-refractivity contribution in [1.82, 2.24) is 15.2 Å². The topological polar surface area (TPSA) is 82.3 Å². The first-order valence-electron chi connectivity index (χ1n) is 8.50. The number of nitrogens with one attached hydrogen (secondary N) is 2. The van der Waals surface area contributed by atoms with E-state index < -0.39 is 17.5 Å². The fraction of sp³-hybridized carbons (Fsp3) is 0.150. The number of urea groups is 1. The zero-order chi connectivity index (χ0) is 20.1. The van der Waals surface area contributed by atoms with Gasteiger partial charge >= 0.3 is 6.03 Å². The maximum Gasteiger partial charge on any atom is 0.325 e. The lowest BCUT2D eigenvalue weighted by atomic mass is 9.92. The third-order valence-corrected chi connectivity index (χ3v) is 5.48. The molecule has 0 radical (unpaired) electrons. The first-order chi connectivity index (χ1) is 13.3. The van der Waals surface area contributed by atoms with E-state index in [0.717, 1.165) is 15.8 Å². The van der Waals surface area contributed by atoms with Gasteiger partial charge in [-0.1, -0.05) is 47.5 Å². The number of fused-ring (bicyclic) bond motifs is 1. The molecule has 0 saturated carbocycles. The molecule has 0 unspecified atom stereocenters. The van der Waals surface area contributed by atoms with Crippen LogP contribution in [0.15, 0.2) is 48.7 Å². The molecule has 6 nitrogen and oxygen atoms in total. The average molecular weight is 416 g/mol. The van der Waals surface area contributed by atoms with E-state index in [-0.39, 0.29) is 17.4 Å². The van der Waals surface area contributed by atoms with Crippen LogP contribution in [0.25, 0.3) is 10.9 Å². The summed E-state index contributed by atoms with van der Waals surface area (Å²) in [6.45, 7) is 1.19. The predicted octanol–water partition coefficient (Wildman–Crippen LogP) is 4.12. The standard InChI is InChI=1S/C20H15Cl2N3O3/c1-20(14-7-6-11(21)8-15(14)22)18(27)25(19(28)24-20)10-17(26)13-9-23-16-5-3-2-4-12(13)16/h2-9,23H,10H2,1H3,(H,24,28)/t20-/m1/s1. The van der Waals surface area contributed by atoms with Gasteiger partial charge in [0.25, 0.3) is 5.91 Å². The number of imide groups is 1. The normalized spacial score (nSPS) is 19.3. The van der Waals surface area contributed by atoms with E-state index in [1.165, 1.54) is 6.07 Å². The van der Waals surface area contributed by atoms with Crippen LogP contribution in [0, 0.1) is 0 Å². The van der Waals surface area contributed by atoms with Gasteiger partial charge in [0.05, 0.1) is 6.54 Å². The first-order valence-corrected chi connectivity index (χ1v) is 9.26. The van der Waals surface area contributed by atoms with E-state index in [2.05, 4.69) is 10.3 Å². The Labute approximate surface area is 170 Å². The number of ketones is 1. The number of nitrogens with zero attached hydrogens (tertiary/aromatic N) is 1. The molecule has 0 aliphatic carbocycles. The minimum atomic E-state index is -1.38. The van der Waals surface area contributed by atoms with Gasteiger partial charge in [-0.3, -0.25) is 14.5 Å². The lowest BCUT2D eigenvalue weighted by Crippen LogP contribution is -2.41. The predicted molar refractivity (Wildman–Crippen MR) is 107 cm³/mol. The van der Waals surface area contributed by atoms with E-state index in [1.54, 1.807) is 25.3 Å². The van der Waals surface area contributed by atoms with Gasteiger partial charge in [-0.15, -0.1) is 0 Å². The van der Waals surface area contributed by atoms with Gasteiger partial charge in [0.15, 0.2) is 5.78 Å². The monoisotopic (exact) mass is 415 g/mol. The molecule has 1 fully saturated rings. The van der Waals surface area contributed by atoms with Crippen LogP contribution in [0.4, 0.5) is 4.79 Å². The lowest BCUT2D eigenvalue weighted by Gasteiger charge is -2.23. The second-order valence-electron chi connectivity index (χ2n) is 6.74. The quantitative estimate of drug-likeness (QED) is 0.496. The highest BCUT2D eigenvalue weighted by Crippen LogP contribution is 2.35. The van der Waals surface area contributed by atoms with Crippen LogP contribution in [-0.4, -0.2) is 34.2 Å². The first kappa shape index (κ1) is 18.5. The van der Waals surface area contributed by atoms with Gasteiger partial charge in [-0.25, -0.2) is 4.79 Å². The maximum absolute atomic E-state index is 13.0. The molecule has 1 saturated heterocycles. The Balaban J connectivity index is 1.63. The van der Waals surface area contributed by atoms with E-state index in [9.17, 15) is 14.4 Å². The third-order valence-electron chi connectivity index (χ3n) is 4.94. The van der Waals surface area contributed by atoms with Crippen molar-refractivity contribution in [3.8, 4) is 0 Å². The average Bonchev–Trinajstić information content (AvgIpc) is 3.17. The van der Waals surface area contributed by atoms with Crippen molar-refractivity contribution in [1.29, 1.82) is 0 Å². The number of hydrogen-bond acceptors (Lipinski definition) is 3. The third kappa shape index (κ3) is 2.85. The van der Waals surface area contributed by atoms with Crippen LogP contribution in [-0.2, 0) is 10.3 Å². The van der Waals surface area contributed by atoms with Crippen LogP contribution >= 0.6 is 23.2 Å². The summed E-state index contributed by atoms with van der Waals surface area (Å²) in [6, 6.07) is 11.4. The van der Waals surface area contributed by atoms with Gasteiger partial charge < -0.3 is 10.3 Å². The number of rotatable bonds is 4. The second kappa shape index (κ2) is 6.65. The highest BCUT2D eigenvalue weighted by atomic mass is 35.5. The van der Waals surface area contributed by atoms with Crippen LogP contribution in [0.1, 0.15) is 22.8 Å². The van der Waals surface area contributed by atoms with Crippen molar-refractivity contribution in [2.75, 3.05) is 6.54 Å². The van der Waals surface area contributed by atoms with Crippen LogP contribution in [0.3, 0.4) is 0 Å². The number of carbonyl (C=O) groups excluding carboxylic acids is 3. The number of aromatic nitrogens is 1. The highest BCUT2D eigenvalue weighted by Gasteiger charge is 2.50. The van der Waals surface area contributed by atoms with Crippen molar-refractivity contribution >= 4 is 51.8 Å². The van der Waals surface area contributed by atoms with Crippen LogP contribution in [0.5, 0.6) is 0 Å². The van der Waals surface area contributed by atoms with Gasteiger partial charge in [0.1, 0.15) is 5.54 Å². The molecule has 0 bridgehead atoms. The van der Waals surface area contributed by atoms with E-state index in [4.69, 9.17) is 23.2 Å². The molecule has 142 valence electrons. The number of amides is 3. The molecule has 2 N–H and O–H groups in total. The summed E-state index contributed by atoms with van der Waals surface area (Å²) in [4.78, 5) is 42.2. The number of aromatic amines is 1. The fourth-order valence-corrected chi connectivity index (χ4v) is 4.05. The van der Waals surface area contributed by atoms with Crippen molar-refractivity contribution < 1.29 is 14.4 Å². The molecule has 3 amide bonds. The molecular formula is C20H15Cl2N3O3. The minimum Gasteiger partial charge on any atom is -0.360 e. The summed E-state index contributed by atoms with van der Waals surface area (Å²) in [5.74, 6) is -0.887. The Hall–Kier alpha value is -2.83. The molecule has 1 aromatic heterocycles. The summed E-state index contributed by atoms with van der Waals surface area (Å²) in [5.41, 5.74) is 0.272. The highest BCUT2D eigenvalue weighted by molar-refractivity contribution is 6.35. The zero-order valence-electron chi connectivity index (χ0n) is 14.8. The molecule has 1 aliphatic heterocycles. The fourth-order valence-electron chi connectivity index (χ4n) is 3.45. The number of para-hydroxylation sites is 1. The van der Waals surface area contributed by atoms with Gasteiger partial charge in [-0.05, 0) is 25.1 Å². The number of H-pyrrole nitrogens is 1. The van der Waals surface area contributed by atoms with Crippen molar-refractivity contribution in [2.45, 2.75) is 12.5 Å². The lowest BCUT2D eigenvalue weighted by molar-refractivity contribution is -0.130. The number of hydrogen-bond donors (Lipinski definition) is 2. The second-order valence-corrected chi connectivity index (χ2v) is 7.59. The van der Waals surface area contributed by atoms with Crippen molar-refractivity contribution in [2.24, 2.45) is 0 Å². The summed E-state index contributed by atoms with van der Waals surface area (Å²) in [5, 5.41) is 4.06. The van der Waals surface area contributed by atoms with Crippen molar-refractivity contribution in [3.63, 3.8) is 0 Å². The van der Waals surface area contributed by atoms with Crippen LogP contribution in [0.2, 0.25) is 10.0 Å². The molecule has 2 heterocycles. The molecule has 3 aromatic rings. The largest absolute Gasteiger partial charge is 0.360 e. The Morgan fingerprint density at radius 3 is 2.64 bits per heavy atom. The molecule has 1 aliphatic rings. The molecule has 1 atom stereocenters. The maximum atomic E-state index is 13.0. The van der Waals surface area contributed by atoms with E-state index in [1.807, 2.05) is 24.3 Å². The van der Waals surface area contributed by atoms with Gasteiger partial charge in [0.2, 0.25) is 0 Å². The summed E-state index contributed by atoms with van der Waals surface area (Å²) >= 11 is 12.2. The van der Waals surface area contributed by atoms with Gasteiger partial charge in [-0.2, -0.15) is 0 Å². The molecule has 0 spiro atoms. The Morgan fingerprint density at radius 1 is 1.14 bits per heavy atom. The smallest absolute Gasteiger partial charge is 0.325 e. The number of Topliss-reactive ketones (excluding diaryl/α,β-unsaturated/α-hetero) is 1. The summed E-state index contributed by atoms with van der Waals surface area (Å²) < 4.78 is 0. The Morgan fingerprint density at radius 2 is 1.89 bits per heavy atom. The van der Waals surface area contributed by atoms with E-state index >= 15 is 0 Å². The Bertz CT molecular complexity index is 1140. The molecule has 2 aromatic carbocycles. The van der Waals surface area contributed by atoms with E-state index in [0.29, 0.717) is 16.1 Å². The minimum absolute atomic E-state index is 0.258. The Kier molecular flexibility index (Phi) is 4.40. The summed E-state index contributed by atoms with van der Waals surface area (Å²) in [7, 11) is 0. The molecular weight excluding hydrogens is 401 g/mol. The SMILES string of the molecule is C[C@]1(c2ccc(Cl)cc2Cl)NC(=O)N(CC(=O)c2c[nH]c3ccccc23)C1=O. The van der Waals surface area contributed by atoms with Crippen molar-refractivity contribution in [3.05, 3.63) is 69.8 Å².